The number of carbonyl (C=O) groups excluding carboxylic acids is 1. The topological polar surface area (TPSA) is 55.6 Å². The lowest BCUT2D eigenvalue weighted by Crippen LogP contribution is -2.34. The zero-order valence-electron chi connectivity index (χ0n) is 12.0. The summed E-state index contributed by atoms with van der Waals surface area (Å²) in [6.45, 7) is 2.22. The molecule has 0 bridgehead atoms. The summed E-state index contributed by atoms with van der Waals surface area (Å²) in [5.41, 5.74) is 6.36. The molecule has 1 aromatic rings. The fourth-order valence-corrected chi connectivity index (χ4v) is 2.52. The SMILES string of the molecule is Nc1cccc(OCCC(=O)N2CCCCCCC2)c1. The number of amides is 1. The molecule has 1 saturated heterocycles. The van der Waals surface area contributed by atoms with Gasteiger partial charge in [0.25, 0.3) is 0 Å². The number of nitrogen functional groups attached to an aromatic ring is 1. The van der Waals surface area contributed by atoms with Gasteiger partial charge in [-0.3, -0.25) is 4.79 Å². The van der Waals surface area contributed by atoms with Gasteiger partial charge in [0.1, 0.15) is 5.75 Å². The van der Waals surface area contributed by atoms with Gasteiger partial charge in [-0.15, -0.1) is 0 Å². The van der Waals surface area contributed by atoms with E-state index in [4.69, 9.17) is 10.5 Å². The van der Waals surface area contributed by atoms with E-state index in [1.54, 1.807) is 6.07 Å². The lowest BCUT2D eigenvalue weighted by atomic mass is 10.1. The molecule has 2 N–H and O–H groups in total. The maximum Gasteiger partial charge on any atom is 0.225 e. The summed E-state index contributed by atoms with van der Waals surface area (Å²) in [6, 6.07) is 7.31. The fourth-order valence-electron chi connectivity index (χ4n) is 2.52. The van der Waals surface area contributed by atoms with E-state index in [-0.39, 0.29) is 5.91 Å². The van der Waals surface area contributed by atoms with Crippen molar-refractivity contribution in [3.05, 3.63) is 24.3 Å². The molecule has 0 aliphatic carbocycles. The van der Waals surface area contributed by atoms with Crippen LogP contribution < -0.4 is 10.5 Å². The van der Waals surface area contributed by atoms with E-state index in [0.717, 1.165) is 31.7 Å². The van der Waals surface area contributed by atoms with Crippen molar-refractivity contribution in [2.24, 2.45) is 0 Å². The monoisotopic (exact) mass is 276 g/mol. The number of nitrogens with zero attached hydrogens (tertiary/aromatic N) is 1. The van der Waals surface area contributed by atoms with Gasteiger partial charge in [0.2, 0.25) is 5.91 Å². The summed E-state index contributed by atoms with van der Waals surface area (Å²) in [5, 5.41) is 0. The average molecular weight is 276 g/mol. The minimum absolute atomic E-state index is 0.204. The number of likely N-dealkylation sites (tertiary alicyclic amines) is 1. The van der Waals surface area contributed by atoms with Crippen molar-refractivity contribution in [2.75, 3.05) is 25.4 Å². The van der Waals surface area contributed by atoms with Gasteiger partial charge in [-0.25, -0.2) is 0 Å². The number of benzene rings is 1. The van der Waals surface area contributed by atoms with Crippen LogP contribution in [0.4, 0.5) is 5.69 Å². The van der Waals surface area contributed by atoms with Gasteiger partial charge in [0.05, 0.1) is 13.0 Å². The molecule has 0 radical (unpaired) electrons. The molecule has 2 rings (SSSR count). The highest BCUT2D eigenvalue weighted by molar-refractivity contribution is 5.76. The lowest BCUT2D eigenvalue weighted by molar-refractivity contribution is -0.132. The summed E-state index contributed by atoms with van der Waals surface area (Å²) in [4.78, 5) is 14.1. The van der Waals surface area contributed by atoms with E-state index >= 15 is 0 Å². The maximum absolute atomic E-state index is 12.1. The van der Waals surface area contributed by atoms with Crippen molar-refractivity contribution in [1.82, 2.24) is 4.90 Å². The highest BCUT2D eigenvalue weighted by atomic mass is 16.5. The Morgan fingerprint density at radius 1 is 1.15 bits per heavy atom. The Morgan fingerprint density at radius 2 is 1.85 bits per heavy atom. The van der Waals surface area contributed by atoms with Crippen molar-refractivity contribution < 1.29 is 9.53 Å². The van der Waals surface area contributed by atoms with Crippen molar-refractivity contribution in [3.8, 4) is 5.75 Å². The Bertz CT molecular complexity index is 426. The molecule has 20 heavy (non-hydrogen) atoms. The van der Waals surface area contributed by atoms with Crippen molar-refractivity contribution in [2.45, 2.75) is 38.5 Å². The number of hydrogen-bond acceptors (Lipinski definition) is 3. The van der Waals surface area contributed by atoms with E-state index in [9.17, 15) is 4.79 Å². The van der Waals surface area contributed by atoms with Crippen LogP contribution in [-0.4, -0.2) is 30.5 Å². The predicted molar refractivity (Wildman–Crippen MR) is 80.6 cm³/mol. The molecule has 0 saturated carbocycles. The first kappa shape index (κ1) is 14.7. The van der Waals surface area contributed by atoms with Crippen LogP contribution in [-0.2, 0) is 4.79 Å². The van der Waals surface area contributed by atoms with E-state index in [1.165, 1.54) is 19.3 Å². The summed E-state index contributed by atoms with van der Waals surface area (Å²) >= 11 is 0. The second-order valence-electron chi connectivity index (χ2n) is 5.32. The van der Waals surface area contributed by atoms with Gasteiger partial charge in [-0.2, -0.15) is 0 Å². The second-order valence-corrected chi connectivity index (χ2v) is 5.32. The van der Waals surface area contributed by atoms with Crippen LogP contribution in [0, 0.1) is 0 Å². The van der Waals surface area contributed by atoms with E-state index in [2.05, 4.69) is 0 Å². The molecule has 4 nitrogen and oxygen atoms in total. The normalized spacial score (nSPS) is 16.3. The van der Waals surface area contributed by atoms with Crippen LogP contribution in [0.3, 0.4) is 0 Å². The number of anilines is 1. The van der Waals surface area contributed by atoms with Gasteiger partial charge in [0, 0.05) is 24.8 Å². The summed E-state index contributed by atoms with van der Waals surface area (Å²) in [5.74, 6) is 0.932. The first-order chi connectivity index (χ1) is 9.75. The highest BCUT2D eigenvalue weighted by Gasteiger charge is 2.14. The van der Waals surface area contributed by atoms with Crippen molar-refractivity contribution >= 4 is 11.6 Å². The molecule has 110 valence electrons. The largest absolute Gasteiger partial charge is 0.493 e. The molecule has 1 aliphatic rings. The Kier molecular flexibility index (Phi) is 5.71. The summed E-state index contributed by atoms with van der Waals surface area (Å²) in [6.07, 6.45) is 6.48. The third kappa shape index (κ3) is 4.76. The smallest absolute Gasteiger partial charge is 0.225 e. The molecule has 0 aromatic heterocycles. The Balaban J connectivity index is 1.73. The molecule has 4 heteroatoms. The van der Waals surface area contributed by atoms with Crippen LogP contribution >= 0.6 is 0 Å². The first-order valence-electron chi connectivity index (χ1n) is 7.52. The molecular formula is C16H24N2O2. The minimum Gasteiger partial charge on any atom is -0.493 e. The number of carbonyl (C=O) groups is 1. The Hall–Kier alpha value is -1.71. The zero-order valence-corrected chi connectivity index (χ0v) is 12.0. The van der Waals surface area contributed by atoms with Gasteiger partial charge in [-0.05, 0) is 25.0 Å². The minimum atomic E-state index is 0.204. The Labute approximate surface area is 120 Å². The van der Waals surface area contributed by atoms with Crippen LogP contribution in [0.2, 0.25) is 0 Å². The van der Waals surface area contributed by atoms with E-state index in [1.807, 2.05) is 23.1 Å². The molecule has 0 unspecified atom stereocenters. The van der Waals surface area contributed by atoms with Gasteiger partial charge in [-0.1, -0.05) is 25.3 Å². The van der Waals surface area contributed by atoms with Crippen molar-refractivity contribution in [1.29, 1.82) is 0 Å². The standard InChI is InChI=1S/C16H24N2O2/c17-14-7-6-8-15(13-14)20-12-9-16(19)18-10-4-2-1-3-5-11-18/h6-8,13H,1-5,9-12,17H2. The summed E-state index contributed by atoms with van der Waals surface area (Å²) in [7, 11) is 0. The molecule has 1 aliphatic heterocycles. The molecule has 1 aromatic carbocycles. The van der Waals surface area contributed by atoms with Gasteiger partial charge in [0.15, 0.2) is 0 Å². The third-order valence-electron chi connectivity index (χ3n) is 3.65. The molecule has 0 atom stereocenters. The predicted octanol–water partition coefficient (Wildman–Crippen LogP) is 2.83. The fraction of sp³-hybridized carbons (Fsp3) is 0.562. The number of ether oxygens (including phenoxy) is 1. The average Bonchev–Trinajstić information content (AvgIpc) is 2.38. The molecule has 1 fully saturated rings. The number of hydrogen-bond donors (Lipinski definition) is 1. The first-order valence-corrected chi connectivity index (χ1v) is 7.52. The van der Waals surface area contributed by atoms with E-state index < -0.39 is 0 Å². The number of rotatable bonds is 4. The quantitative estimate of drug-likeness (QED) is 0.860. The summed E-state index contributed by atoms with van der Waals surface area (Å²) < 4.78 is 5.58. The second kappa shape index (κ2) is 7.78. The molecular weight excluding hydrogens is 252 g/mol. The zero-order chi connectivity index (χ0) is 14.2. The number of nitrogens with two attached hydrogens (primary N) is 1. The molecule has 0 spiro atoms. The van der Waals surface area contributed by atoms with Crippen LogP contribution in [0.15, 0.2) is 24.3 Å². The Morgan fingerprint density at radius 3 is 2.55 bits per heavy atom. The van der Waals surface area contributed by atoms with Crippen molar-refractivity contribution in [3.63, 3.8) is 0 Å². The third-order valence-corrected chi connectivity index (χ3v) is 3.65. The van der Waals surface area contributed by atoms with Crippen LogP contribution in [0.25, 0.3) is 0 Å². The molecule has 1 amide bonds. The van der Waals surface area contributed by atoms with Crippen LogP contribution in [0.5, 0.6) is 5.75 Å². The van der Waals surface area contributed by atoms with Gasteiger partial charge < -0.3 is 15.4 Å². The van der Waals surface area contributed by atoms with Gasteiger partial charge >= 0.3 is 0 Å². The lowest BCUT2D eigenvalue weighted by Gasteiger charge is -2.24. The molecule has 1 heterocycles. The maximum atomic E-state index is 12.1. The van der Waals surface area contributed by atoms with E-state index in [0.29, 0.717) is 18.7 Å². The highest BCUT2D eigenvalue weighted by Crippen LogP contribution is 2.15. The van der Waals surface area contributed by atoms with Crippen LogP contribution in [0.1, 0.15) is 38.5 Å².